The van der Waals surface area contributed by atoms with Crippen LogP contribution in [-0.4, -0.2) is 57.9 Å². The van der Waals surface area contributed by atoms with E-state index in [4.69, 9.17) is 9.47 Å². The molecule has 12 heteroatoms. The minimum atomic E-state index is -0.474. The second kappa shape index (κ2) is 8.86. The Bertz CT molecular complexity index is 1430. The highest BCUT2D eigenvalue weighted by atomic mass is 19.1. The van der Waals surface area contributed by atoms with Gasteiger partial charge in [-0.2, -0.15) is 0 Å². The maximum Gasteiger partial charge on any atom is 0.416 e. The molecule has 2 fully saturated rings. The Morgan fingerprint density at radius 2 is 2.06 bits per heavy atom. The molecule has 2 N–H and O–H groups in total. The molecule has 4 heterocycles. The molecule has 2 amide bonds. The maximum atomic E-state index is 13.7. The molecule has 186 valence electrons. The highest BCUT2D eigenvalue weighted by Crippen LogP contribution is 2.37. The summed E-state index contributed by atoms with van der Waals surface area (Å²) in [5, 5.41) is 6.10. The highest BCUT2D eigenvalue weighted by molar-refractivity contribution is 5.95. The molecular formula is C24H23FN6O5. The smallest absolute Gasteiger partial charge is 0.416 e. The van der Waals surface area contributed by atoms with Crippen LogP contribution in [-0.2, 0) is 16.1 Å². The number of benzene rings is 1. The van der Waals surface area contributed by atoms with Crippen molar-refractivity contribution in [2.45, 2.75) is 44.0 Å². The monoisotopic (exact) mass is 494 g/mol. The molecule has 0 spiro atoms. The predicted octanol–water partition coefficient (Wildman–Crippen LogP) is 1.80. The number of rotatable bonds is 5. The molecule has 2 aliphatic heterocycles. The maximum absolute atomic E-state index is 13.7. The average Bonchev–Trinajstić information content (AvgIpc) is 3.19. The quantitative estimate of drug-likeness (QED) is 0.550. The Kier molecular flexibility index (Phi) is 5.52. The molecule has 1 aromatic carbocycles. The standard InChI is InChI=1S/C24H23FN6O5/c25-13-1-3-15-17(9-13)30(22(33)11-27-15)8-7-26-14-2-4-16-19(10-14)36-24(34)31(16)20-6-5-18-23(28-20)29-21(32)12-35-18/h1,3,5-6,9,11,14,16,19,26H,2,4,7-8,10,12H2,(H,28,29,32)/t14-,16-,19-/m1/s1. The van der Waals surface area contributed by atoms with Crippen molar-refractivity contribution >= 4 is 34.7 Å². The summed E-state index contributed by atoms with van der Waals surface area (Å²) < 4.78 is 26.3. The summed E-state index contributed by atoms with van der Waals surface area (Å²) >= 11 is 0. The number of carbonyl (C=O) groups excluding carboxylic acids is 2. The molecular weight excluding hydrogens is 471 g/mol. The number of nitrogens with one attached hydrogen (secondary N) is 2. The van der Waals surface area contributed by atoms with Gasteiger partial charge in [-0.15, -0.1) is 0 Å². The van der Waals surface area contributed by atoms with Gasteiger partial charge in [-0.3, -0.25) is 14.5 Å². The molecule has 11 nitrogen and oxygen atoms in total. The Hall–Kier alpha value is -4.06. The first-order valence-electron chi connectivity index (χ1n) is 11.8. The first kappa shape index (κ1) is 22.4. The number of carbonyl (C=O) groups is 2. The van der Waals surface area contributed by atoms with Crippen LogP contribution in [0.15, 0.2) is 41.3 Å². The third kappa shape index (κ3) is 4.02. The summed E-state index contributed by atoms with van der Waals surface area (Å²) in [4.78, 5) is 46.7. The molecule has 2 aromatic heterocycles. The van der Waals surface area contributed by atoms with Crippen molar-refractivity contribution in [2.75, 3.05) is 23.4 Å². The van der Waals surface area contributed by atoms with E-state index in [-0.39, 0.29) is 42.1 Å². The number of fused-ring (bicyclic) bond motifs is 3. The fourth-order valence-electron chi connectivity index (χ4n) is 5.14. The van der Waals surface area contributed by atoms with Crippen LogP contribution in [0.3, 0.4) is 0 Å². The van der Waals surface area contributed by atoms with E-state index in [2.05, 4.69) is 20.6 Å². The third-order valence-electron chi connectivity index (χ3n) is 6.82. The van der Waals surface area contributed by atoms with E-state index in [0.29, 0.717) is 48.5 Å². The number of amides is 2. The minimum absolute atomic E-state index is 0.0677. The van der Waals surface area contributed by atoms with E-state index in [1.54, 1.807) is 23.1 Å². The largest absolute Gasteiger partial charge is 0.480 e. The lowest BCUT2D eigenvalue weighted by Gasteiger charge is -2.33. The van der Waals surface area contributed by atoms with Crippen molar-refractivity contribution in [3.63, 3.8) is 0 Å². The number of nitrogens with zero attached hydrogens (tertiary/aromatic N) is 4. The second-order valence-corrected chi connectivity index (χ2v) is 9.06. The van der Waals surface area contributed by atoms with Gasteiger partial charge in [-0.25, -0.2) is 19.2 Å². The summed E-state index contributed by atoms with van der Waals surface area (Å²) in [5.41, 5.74) is 0.710. The number of hydrogen-bond acceptors (Lipinski definition) is 8. The molecule has 1 saturated carbocycles. The highest BCUT2D eigenvalue weighted by Gasteiger charge is 2.46. The number of anilines is 2. The van der Waals surface area contributed by atoms with E-state index in [1.807, 2.05) is 0 Å². The summed E-state index contributed by atoms with van der Waals surface area (Å²) in [5.74, 6) is 0.423. The molecule has 3 atom stereocenters. The van der Waals surface area contributed by atoms with Gasteiger partial charge in [-0.05, 0) is 43.2 Å². The summed E-state index contributed by atoms with van der Waals surface area (Å²) in [6.07, 6.45) is 2.55. The number of ether oxygens (including phenoxy) is 2. The zero-order valence-electron chi connectivity index (χ0n) is 19.1. The SMILES string of the molecule is O=C1COc2ccc(N3C(=O)O[C@@H]4C[C@H](NCCn5c(=O)cnc6ccc(F)cc65)CC[C@H]43)nc2N1. The van der Waals surface area contributed by atoms with Crippen LogP contribution in [0.5, 0.6) is 5.75 Å². The molecule has 3 aliphatic rings. The van der Waals surface area contributed by atoms with E-state index >= 15 is 0 Å². The van der Waals surface area contributed by atoms with Crippen molar-refractivity contribution < 1.29 is 23.5 Å². The molecule has 0 radical (unpaired) electrons. The van der Waals surface area contributed by atoms with Crippen LogP contribution in [0.1, 0.15) is 19.3 Å². The topological polar surface area (TPSA) is 128 Å². The molecule has 1 saturated heterocycles. The van der Waals surface area contributed by atoms with Crippen molar-refractivity contribution in [2.24, 2.45) is 0 Å². The fraction of sp³-hybridized carbons (Fsp3) is 0.375. The van der Waals surface area contributed by atoms with Gasteiger partial charge in [0.2, 0.25) is 0 Å². The Morgan fingerprint density at radius 3 is 2.94 bits per heavy atom. The lowest BCUT2D eigenvalue weighted by Crippen LogP contribution is -2.46. The Morgan fingerprint density at radius 1 is 1.17 bits per heavy atom. The molecule has 3 aromatic rings. The van der Waals surface area contributed by atoms with Crippen LogP contribution >= 0.6 is 0 Å². The lowest BCUT2D eigenvalue weighted by atomic mass is 9.88. The van der Waals surface area contributed by atoms with E-state index < -0.39 is 11.9 Å². The molecule has 36 heavy (non-hydrogen) atoms. The van der Waals surface area contributed by atoms with Crippen LogP contribution in [0, 0.1) is 5.82 Å². The van der Waals surface area contributed by atoms with Gasteiger partial charge in [0.25, 0.3) is 11.5 Å². The Balaban J connectivity index is 1.11. The summed E-state index contributed by atoms with van der Waals surface area (Å²) in [6.45, 7) is 0.772. The van der Waals surface area contributed by atoms with E-state index in [0.717, 1.165) is 6.42 Å². The first-order valence-corrected chi connectivity index (χ1v) is 11.8. The van der Waals surface area contributed by atoms with Gasteiger partial charge in [-0.1, -0.05) is 0 Å². The average molecular weight is 494 g/mol. The van der Waals surface area contributed by atoms with E-state index in [9.17, 15) is 18.8 Å². The molecule has 1 aliphatic carbocycles. The third-order valence-corrected chi connectivity index (χ3v) is 6.82. The molecule has 0 bridgehead atoms. The van der Waals surface area contributed by atoms with Crippen molar-refractivity contribution in [1.82, 2.24) is 19.9 Å². The van der Waals surface area contributed by atoms with Crippen LogP contribution in [0.2, 0.25) is 0 Å². The van der Waals surface area contributed by atoms with Gasteiger partial charge in [0.1, 0.15) is 17.7 Å². The number of pyridine rings is 1. The number of hydrogen-bond donors (Lipinski definition) is 2. The van der Waals surface area contributed by atoms with Gasteiger partial charge in [0, 0.05) is 25.6 Å². The van der Waals surface area contributed by atoms with Gasteiger partial charge in [0.15, 0.2) is 18.2 Å². The molecule has 6 rings (SSSR count). The van der Waals surface area contributed by atoms with Crippen LogP contribution < -0.4 is 25.8 Å². The fourth-order valence-corrected chi connectivity index (χ4v) is 5.14. The molecule has 0 unspecified atom stereocenters. The normalized spacial score (nSPS) is 23.0. The summed E-state index contributed by atoms with van der Waals surface area (Å²) in [7, 11) is 0. The van der Waals surface area contributed by atoms with Crippen LogP contribution in [0.4, 0.5) is 20.8 Å². The van der Waals surface area contributed by atoms with E-state index in [1.165, 1.54) is 22.9 Å². The lowest BCUT2D eigenvalue weighted by molar-refractivity contribution is -0.118. The number of halogens is 1. The predicted molar refractivity (Wildman–Crippen MR) is 127 cm³/mol. The first-order chi connectivity index (χ1) is 17.5. The van der Waals surface area contributed by atoms with Crippen molar-refractivity contribution in [3.05, 3.63) is 52.7 Å². The zero-order chi connectivity index (χ0) is 24.8. The number of aromatic nitrogens is 3. The van der Waals surface area contributed by atoms with Crippen LogP contribution in [0.25, 0.3) is 11.0 Å². The van der Waals surface area contributed by atoms with Gasteiger partial charge >= 0.3 is 6.09 Å². The summed E-state index contributed by atoms with van der Waals surface area (Å²) in [6, 6.07) is 7.46. The van der Waals surface area contributed by atoms with Gasteiger partial charge < -0.3 is 24.7 Å². The minimum Gasteiger partial charge on any atom is -0.480 e. The van der Waals surface area contributed by atoms with Crippen molar-refractivity contribution in [3.8, 4) is 5.75 Å². The second-order valence-electron chi connectivity index (χ2n) is 9.06. The van der Waals surface area contributed by atoms with Gasteiger partial charge in [0.05, 0.1) is 23.3 Å². The Labute approximate surface area is 204 Å². The van der Waals surface area contributed by atoms with Crippen molar-refractivity contribution in [1.29, 1.82) is 0 Å². The zero-order valence-corrected chi connectivity index (χ0v) is 19.1.